The van der Waals surface area contributed by atoms with Gasteiger partial charge in [-0.2, -0.15) is 0 Å². The van der Waals surface area contributed by atoms with Gasteiger partial charge in [0.25, 0.3) is 0 Å². The Bertz CT molecular complexity index is 497. The lowest BCUT2D eigenvalue weighted by Gasteiger charge is -2.40. The van der Waals surface area contributed by atoms with Crippen LogP contribution in [0.5, 0.6) is 0 Å². The van der Waals surface area contributed by atoms with Crippen molar-refractivity contribution in [2.24, 2.45) is 0 Å². The summed E-state index contributed by atoms with van der Waals surface area (Å²) in [4.78, 5) is 27.8. The van der Waals surface area contributed by atoms with Gasteiger partial charge in [-0.3, -0.25) is 9.69 Å². The summed E-state index contributed by atoms with van der Waals surface area (Å²) in [6, 6.07) is 7.45. The molecule has 0 amide bonds. The van der Waals surface area contributed by atoms with Crippen molar-refractivity contribution in [3.63, 3.8) is 0 Å². The first kappa shape index (κ1) is 16.2. The fourth-order valence-electron chi connectivity index (χ4n) is 2.69. The average Bonchev–Trinajstić information content (AvgIpc) is 2.57. The number of hydrogen-bond donors (Lipinski definition) is 0. The predicted molar refractivity (Wildman–Crippen MR) is 84.0 cm³/mol. The van der Waals surface area contributed by atoms with Gasteiger partial charge in [-0.25, -0.2) is 0 Å². The van der Waals surface area contributed by atoms with E-state index in [0.29, 0.717) is 38.3 Å². The number of thioether (sulfide) groups is 1. The van der Waals surface area contributed by atoms with Crippen LogP contribution in [0.1, 0.15) is 23.7 Å². The molecule has 2 rings (SSSR count). The molecule has 1 unspecified atom stereocenters. The number of rotatable bonds is 6. The minimum absolute atomic E-state index is 0.116. The number of carbonyl (C=O) groups excluding carboxylic acids is 2. The van der Waals surface area contributed by atoms with Crippen LogP contribution in [-0.2, 0) is 9.53 Å². The fraction of sp³-hybridized carbons (Fsp3) is 0.500. The third-order valence-electron chi connectivity index (χ3n) is 4.05. The van der Waals surface area contributed by atoms with Gasteiger partial charge in [0.1, 0.15) is 11.8 Å². The van der Waals surface area contributed by atoms with Crippen LogP contribution in [0.4, 0.5) is 0 Å². The zero-order valence-corrected chi connectivity index (χ0v) is 13.3. The quantitative estimate of drug-likeness (QED) is 0.349. The largest absolute Gasteiger partial charge is 0.379 e. The molecule has 1 atom stereocenters. The Morgan fingerprint density at radius 1 is 1.33 bits per heavy atom. The van der Waals surface area contributed by atoms with E-state index in [1.54, 1.807) is 11.8 Å². The third kappa shape index (κ3) is 3.20. The molecule has 0 bridgehead atoms. The van der Waals surface area contributed by atoms with E-state index in [1.807, 2.05) is 42.3 Å². The first-order valence-electron chi connectivity index (χ1n) is 7.16. The van der Waals surface area contributed by atoms with Crippen molar-refractivity contribution in [1.82, 2.24) is 4.90 Å². The maximum atomic E-state index is 12.9. The topological polar surface area (TPSA) is 46.6 Å². The molecule has 1 aliphatic heterocycles. The number of ketones is 1. The lowest BCUT2D eigenvalue weighted by molar-refractivity contribution is -0.119. The molecule has 4 nitrogen and oxygen atoms in total. The van der Waals surface area contributed by atoms with Gasteiger partial charge < -0.3 is 9.53 Å². The Kier molecular flexibility index (Phi) is 5.56. The van der Waals surface area contributed by atoms with Crippen LogP contribution in [0.2, 0.25) is 0 Å². The van der Waals surface area contributed by atoms with Crippen molar-refractivity contribution in [2.45, 2.75) is 23.8 Å². The van der Waals surface area contributed by atoms with Gasteiger partial charge in [-0.15, -0.1) is 11.8 Å². The van der Waals surface area contributed by atoms with E-state index in [0.717, 1.165) is 11.2 Å². The van der Waals surface area contributed by atoms with Crippen molar-refractivity contribution in [2.75, 3.05) is 32.6 Å². The van der Waals surface area contributed by atoms with Gasteiger partial charge in [0.2, 0.25) is 0 Å². The van der Waals surface area contributed by atoms with E-state index in [4.69, 9.17) is 4.74 Å². The summed E-state index contributed by atoms with van der Waals surface area (Å²) in [6.07, 6.45) is 3.27. The summed E-state index contributed by atoms with van der Waals surface area (Å²) in [7, 11) is 0. The smallest absolute Gasteiger partial charge is 0.190 e. The van der Waals surface area contributed by atoms with Crippen LogP contribution >= 0.6 is 11.8 Å². The second-order valence-electron chi connectivity index (χ2n) is 5.05. The SMILES string of the molecule is CCC(C=O)(C(=O)c1ccc(SC)cc1)N1CCOCC1. The Morgan fingerprint density at radius 3 is 2.43 bits per heavy atom. The Morgan fingerprint density at radius 2 is 1.95 bits per heavy atom. The van der Waals surface area contributed by atoms with Crippen LogP contribution < -0.4 is 0 Å². The molecule has 1 aliphatic rings. The lowest BCUT2D eigenvalue weighted by Crippen LogP contribution is -2.59. The number of morpholine rings is 1. The fourth-order valence-corrected chi connectivity index (χ4v) is 3.10. The molecule has 0 saturated carbocycles. The number of nitrogens with zero attached hydrogens (tertiary/aromatic N) is 1. The lowest BCUT2D eigenvalue weighted by atomic mass is 9.86. The van der Waals surface area contributed by atoms with E-state index in [1.165, 1.54) is 0 Å². The van der Waals surface area contributed by atoms with Crippen LogP contribution in [-0.4, -0.2) is 55.1 Å². The van der Waals surface area contributed by atoms with Gasteiger partial charge in [0.05, 0.1) is 13.2 Å². The molecular weight excluding hydrogens is 286 g/mol. The highest BCUT2D eigenvalue weighted by molar-refractivity contribution is 7.98. The predicted octanol–water partition coefficient (Wildman–Crippen LogP) is 2.27. The highest BCUT2D eigenvalue weighted by atomic mass is 32.2. The molecule has 1 aromatic rings. The molecule has 1 saturated heterocycles. The molecule has 0 radical (unpaired) electrons. The molecule has 5 heteroatoms. The normalized spacial score (nSPS) is 19.0. The molecule has 0 spiro atoms. The van der Waals surface area contributed by atoms with Crippen LogP contribution in [0, 0.1) is 0 Å². The minimum Gasteiger partial charge on any atom is -0.379 e. The number of hydrogen-bond acceptors (Lipinski definition) is 5. The molecule has 0 aliphatic carbocycles. The highest BCUT2D eigenvalue weighted by Crippen LogP contribution is 2.25. The minimum atomic E-state index is -1.06. The van der Waals surface area contributed by atoms with Gasteiger partial charge in [-0.05, 0) is 24.8 Å². The molecule has 1 aromatic carbocycles. The first-order valence-corrected chi connectivity index (χ1v) is 8.38. The van der Waals surface area contributed by atoms with E-state index < -0.39 is 5.54 Å². The van der Waals surface area contributed by atoms with E-state index >= 15 is 0 Å². The summed E-state index contributed by atoms with van der Waals surface area (Å²) in [5, 5.41) is 0. The van der Waals surface area contributed by atoms with Crippen LogP contribution in [0.3, 0.4) is 0 Å². The van der Waals surface area contributed by atoms with Crippen LogP contribution in [0.15, 0.2) is 29.2 Å². The van der Waals surface area contributed by atoms with Crippen molar-refractivity contribution >= 4 is 23.8 Å². The summed E-state index contributed by atoms with van der Waals surface area (Å²) < 4.78 is 5.33. The maximum absolute atomic E-state index is 12.9. The molecule has 0 N–H and O–H groups in total. The van der Waals surface area contributed by atoms with Gasteiger partial charge in [0.15, 0.2) is 5.78 Å². The van der Waals surface area contributed by atoms with Crippen molar-refractivity contribution < 1.29 is 14.3 Å². The summed E-state index contributed by atoms with van der Waals surface area (Å²) in [5.41, 5.74) is -0.474. The van der Waals surface area contributed by atoms with E-state index in [9.17, 15) is 9.59 Å². The monoisotopic (exact) mass is 307 g/mol. The molecule has 114 valence electrons. The average molecular weight is 307 g/mol. The summed E-state index contributed by atoms with van der Waals surface area (Å²) in [5.74, 6) is -0.116. The third-order valence-corrected chi connectivity index (χ3v) is 4.80. The zero-order chi connectivity index (χ0) is 15.3. The van der Waals surface area contributed by atoms with E-state index in [2.05, 4.69) is 0 Å². The standard InChI is InChI=1S/C16H21NO3S/c1-3-16(12-18,17-8-10-20-11-9-17)15(19)13-4-6-14(21-2)7-5-13/h4-7,12H,3,8-11H2,1-2H3. The first-order chi connectivity index (χ1) is 10.2. The van der Waals surface area contributed by atoms with Gasteiger partial charge in [0, 0.05) is 23.5 Å². The zero-order valence-electron chi connectivity index (χ0n) is 12.5. The van der Waals surface area contributed by atoms with Gasteiger partial charge >= 0.3 is 0 Å². The second kappa shape index (κ2) is 7.20. The Hall–Kier alpha value is -1.17. The number of benzene rings is 1. The van der Waals surface area contributed by atoms with Crippen LogP contribution in [0.25, 0.3) is 0 Å². The van der Waals surface area contributed by atoms with Gasteiger partial charge in [-0.1, -0.05) is 19.1 Å². The number of ether oxygens (including phenoxy) is 1. The Labute approximate surface area is 129 Å². The number of carbonyl (C=O) groups is 2. The summed E-state index contributed by atoms with van der Waals surface area (Å²) >= 11 is 1.63. The number of aldehydes is 1. The van der Waals surface area contributed by atoms with Crippen molar-refractivity contribution in [3.8, 4) is 0 Å². The molecule has 0 aromatic heterocycles. The Balaban J connectivity index is 2.31. The second-order valence-corrected chi connectivity index (χ2v) is 5.93. The molecular formula is C16H21NO3S. The molecule has 21 heavy (non-hydrogen) atoms. The number of Topliss-reactive ketones (excluding diaryl/α,β-unsaturated/α-hetero) is 1. The molecule has 1 fully saturated rings. The van der Waals surface area contributed by atoms with Crippen molar-refractivity contribution in [3.05, 3.63) is 29.8 Å². The highest BCUT2D eigenvalue weighted by Gasteiger charge is 2.43. The maximum Gasteiger partial charge on any atom is 0.190 e. The van der Waals surface area contributed by atoms with E-state index in [-0.39, 0.29) is 5.78 Å². The molecule has 1 heterocycles. The van der Waals surface area contributed by atoms with Crippen molar-refractivity contribution in [1.29, 1.82) is 0 Å². The summed E-state index contributed by atoms with van der Waals surface area (Å²) in [6.45, 7) is 4.24.